The summed E-state index contributed by atoms with van der Waals surface area (Å²) in [5.41, 5.74) is 1.17. The molecular weight excluding hydrogens is 394 g/mol. The molecule has 3 heterocycles. The number of benzene rings is 1. The smallest absolute Gasteiger partial charge is 0.261 e. The highest BCUT2D eigenvalue weighted by atomic mass is 35.5. The lowest BCUT2D eigenvalue weighted by atomic mass is 10.1. The van der Waals surface area contributed by atoms with Crippen LogP contribution >= 0.6 is 22.9 Å². The zero-order valence-corrected chi connectivity index (χ0v) is 17.4. The van der Waals surface area contributed by atoms with Gasteiger partial charge in [0.25, 0.3) is 11.5 Å². The molecule has 1 aliphatic rings. The molecule has 2 aromatic heterocycles. The van der Waals surface area contributed by atoms with Crippen molar-refractivity contribution in [2.24, 2.45) is 0 Å². The maximum absolute atomic E-state index is 13.0. The topological polar surface area (TPSA) is 55.2 Å². The van der Waals surface area contributed by atoms with Crippen molar-refractivity contribution >= 4 is 39.7 Å². The molecule has 3 aromatic rings. The van der Waals surface area contributed by atoms with Crippen LogP contribution in [0.15, 0.2) is 35.1 Å². The zero-order chi connectivity index (χ0) is 19.7. The van der Waals surface area contributed by atoms with Gasteiger partial charge in [-0.05, 0) is 50.1 Å². The van der Waals surface area contributed by atoms with Gasteiger partial charge < -0.3 is 4.90 Å². The van der Waals surface area contributed by atoms with Crippen molar-refractivity contribution in [3.8, 4) is 0 Å². The van der Waals surface area contributed by atoms with Crippen LogP contribution in [0.5, 0.6) is 0 Å². The van der Waals surface area contributed by atoms with E-state index in [4.69, 9.17) is 16.6 Å². The minimum Gasteiger partial charge on any atom is -0.334 e. The highest BCUT2D eigenvalue weighted by Crippen LogP contribution is 2.24. The largest absolute Gasteiger partial charge is 0.334 e. The van der Waals surface area contributed by atoms with Gasteiger partial charge in [0.05, 0.1) is 21.8 Å². The fourth-order valence-corrected chi connectivity index (χ4v) is 4.79. The van der Waals surface area contributed by atoms with Gasteiger partial charge in [0.15, 0.2) is 0 Å². The summed E-state index contributed by atoms with van der Waals surface area (Å²) >= 11 is 7.49. The van der Waals surface area contributed by atoms with Gasteiger partial charge >= 0.3 is 0 Å². The summed E-state index contributed by atoms with van der Waals surface area (Å²) in [6.07, 6.45) is 3.98. The number of halogens is 1. The molecule has 28 heavy (non-hydrogen) atoms. The Kier molecular flexibility index (Phi) is 5.51. The molecule has 0 unspecified atom stereocenters. The van der Waals surface area contributed by atoms with E-state index in [1.54, 1.807) is 27.7 Å². The second-order valence-corrected chi connectivity index (χ2v) is 8.85. The Bertz CT molecular complexity index is 1090. The van der Waals surface area contributed by atoms with Crippen molar-refractivity contribution in [1.29, 1.82) is 0 Å². The molecule has 0 saturated carbocycles. The molecular formula is C21H22ClN3O2S. The number of amides is 1. The Hall–Kier alpha value is -2.18. The predicted octanol–water partition coefficient (Wildman–Crippen LogP) is 4.50. The summed E-state index contributed by atoms with van der Waals surface area (Å²) in [5, 5.41) is 0.579. The standard InChI is InChI=1S/C21H22ClN3O2S/c1-2-24(13-15-8-10-18(22)28-15)20(26)14-7-9-16-17(12-14)23-19-6-4-3-5-11-25(19)21(16)27/h7-10,12H,2-6,11,13H2,1H3. The van der Waals surface area contributed by atoms with Crippen molar-refractivity contribution in [2.45, 2.75) is 45.7 Å². The summed E-state index contributed by atoms with van der Waals surface area (Å²) in [6, 6.07) is 9.03. The third-order valence-electron chi connectivity index (χ3n) is 5.21. The van der Waals surface area contributed by atoms with Gasteiger partial charge in [-0.2, -0.15) is 0 Å². The van der Waals surface area contributed by atoms with E-state index in [0.29, 0.717) is 29.6 Å². The number of nitrogens with zero attached hydrogens (tertiary/aromatic N) is 3. The Balaban J connectivity index is 1.68. The Morgan fingerprint density at radius 2 is 2.11 bits per heavy atom. The van der Waals surface area contributed by atoms with Crippen LogP contribution in [0.4, 0.5) is 0 Å². The first kappa shape index (κ1) is 19.2. The van der Waals surface area contributed by atoms with Crippen molar-refractivity contribution in [3.05, 3.63) is 61.3 Å². The van der Waals surface area contributed by atoms with Gasteiger partial charge in [-0.3, -0.25) is 14.2 Å². The number of aryl methyl sites for hydroxylation is 1. The highest BCUT2D eigenvalue weighted by Gasteiger charge is 2.18. The molecule has 0 atom stereocenters. The van der Waals surface area contributed by atoms with Crippen LogP contribution in [0.25, 0.3) is 10.9 Å². The van der Waals surface area contributed by atoms with Crippen LogP contribution in [0.3, 0.4) is 0 Å². The Morgan fingerprint density at radius 1 is 1.25 bits per heavy atom. The lowest BCUT2D eigenvalue weighted by Gasteiger charge is -2.20. The van der Waals surface area contributed by atoms with Crippen molar-refractivity contribution in [3.63, 3.8) is 0 Å². The number of carbonyl (C=O) groups excluding carboxylic acids is 1. The molecule has 0 spiro atoms. The summed E-state index contributed by atoms with van der Waals surface area (Å²) < 4.78 is 2.52. The normalized spacial score (nSPS) is 13.9. The van der Waals surface area contributed by atoms with Gasteiger partial charge in [0, 0.05) is 30.0 Å². The quantitative estimate of drug-likeness (QED) is 0.630. The average molecular weight is 416 g/mol. The van der Waals surface area contributed by atoms with E-state index in [0.717, 1.165) is 47.3 Å². The first-order valence-corrected chi connectivity index (χ1v) is 10.8. The maximum Gasteiger partial charge on any atom is 0.261 e. The number of carbonyl (C=O) groups is 1. The van der Waals surface area contributed by atoms with Crippen LogP contribution in [-0.4, -0.2) is 26.9 Å². The van der Waals surface area contributed by atoms with Crippen molar-refractivity contribution in [2.75, 3.05) is 6.54 Å². The lowest BCUT2D eigenvalue weighted by molar-refractivity contribution is 0.0754. The van der Waals surface area contributed by atoms with E-state index in [-0.39, 0.29) is 11.5 Å². The summed E-state index contributed by atoms with van der Waals surface area (Å²) in [5.74, 6) is 0.769. The van der Waals surface area contributed by atoms with Crippen LogP contribution in [-0.2, 0) is 19.5 Å². The maximum atomic E-state index is 13.0. The molecule has 0 saturated heterocycles. The second-order valence-electron chi connectivity index (χ2n) is 7.05. The number of hydrogen-bond acceptors (Lipinski definition) is 4. The highest BCUT2D eigenvalue weighted by molar-refractivity contribution is 7.16. The molecule has 146 valence electrons. The Morgan fingerprint density at radius 3 is 2.86 bits per heavy atom. The SMILES string of the molecule is CCN(Cc1ccc(Cl)s1)C(=O)c1ccc2c(=O)n3c(nc2c1)CCCCC3. The molecule has 0 bridgehead atoms. The number of thiophene rings is 1. The van der Waals surface area contributed by atoms with E-state index in [9.17, 15) is 9.59 Å². The van der Waals surface area contributed by atoms with E-state index in [2.05, 4.69) is 0 Å². The molecule has 0 aliphatic carbocycles. The van der Waals surface area contributed by atoms with E-state index in [1.165, 1.54) is 11.3 Å². The van der Waals surface area contributed by atoms with E-state index >= 15 is 0 Å². The van der Waals surface area contributed by atoms with Crippen molar-refractivity contribution in [1.82, 2.24) is 14.5 Å². The first-order chi connectivity index (χ1) is 13.6. The number of aromatic nitrogens is 2. The molecule has 1 amide bonds. The van der Waals surface area contributed by atoms with Gasteiger partial charge in [-0.25, -0.2) is 4.98 Å². The molecule has 0 N–H and O–H groups in total. The van der Waals surface area contributed by atoms with Gasteiger partial charge in [-0.15, -0.1) is 11.3 Å². The lowest BCUT2D eigenvalue weighted by Crippen LogP contribution is -2.30. The van der Waals surface area contributed by atoms with Crippen LogP contribution < -0.4 is 5.56 Å². The molecule has 0 radical (unpaired) electrons. The first-order valence-electron chi connectivity index (χ1n) is 9.64. The van der Waals surface area contributed by atoms with E-state index < -0.39 is 0 Å². The van der Waals surface area contributed by atoms with Gasteiger partial charge in [-0.1, -0.05) is 18.0 Å². The zero-order valence-electron chi connectivity index (χ0n) is 15.8. The summed E-state index contributed by atoms with van der Waals surface area (Å²) in [4.78, 5) is 33.5. The Labute approximate surface area is 172 Å². The molecule has 1 aromatic carbocycles. The number of fused-ring (bicyclic) bond motifs is 2. The molecule has 1 aliphatic heterocycles. The summed E-state index contributed by atoms with van der Waals surface area (Å²) in [6.45, 7) is 3.79. The molecule has 4 rings (SSSR count). The number of rotatable bonds is 4. The van der Waals surface area contributed by atoms with Gasteiger partial charge in [0.1, 0.15) is 5.82 Å². The second kappa shape index (κ2) is 8.05. The van der Waals surface area contributed by atoms with Crippen molar-refractivity contribution < 1.29 is 4.79 Å². The third kappa shape index (κ3) is 3.71. The molecule has 5 nitrogen and oxygen atoms in total. The fraction of sp³-hybridized carbons (Fsp3) is 0.381. The number of hydrogen-bond donors (Lipinski definition) is 0. The van der Waals surface area contributed by atoms with E-state index in [1.807, 2.05) is 19.1 Å². The monoisotopic (exact) mass is 415 g/mol. The minimum atomic E-state index is -0.0641. The average Bonchev–Trinajstić information content (AvgIpc) is 2.96. The molecule has 7 heteroatoms. The minimum absolute atomic E-state index is 0.00136. The van der Waals surface area contributed by atoms with Crippen LogP contribution in [0, 0.1) is 0 Å². The predicted molar refractivity (Wildman–Crippen MR) is 113 cm³/mol. The fourth-order valence-electron chi connectivity index (χ4n) is 3.69. The summed E-state index contributed by atoms with van der Waals surface area (Å²) in [7, 11) is 0. The third-order valence-corrected chi connectivity index (χ3v) is 6.42. The van der Waals surface area contributed by atoms with Crippen LogP contribution in [0.2, 0.25) is 4.34 Å². The van der Waals surface area contributed by atoms with Crippen LogP contribution in [0.1, 0.15) is 47.2 Å². The molecule has 0 fully saturated rings. The van der Waals surface area contributed by atoms with Gasteiger partial charge in [0.2, 0.25) is 0 Å².